The highest BCUT2D eigenvalue weighted by Gasteiger charge is 2.33. The number of nitrogens with two attached hydrogens (primary N) is 1. The lowest BCUT2D eigenvalue weighted by molar-refractivity contribution is -0.134. The average Bonchev–Trinajstić information content (AvgIpc) is 4.36. The molecule has 17 nitrogen and oxygen atoms in total. The molecule has 420 valence electrons. The maximum atomic E-state index is 12.9. The average molecular weight is 1230 g/mol. The van der Waals surface area contributed by atoms with Crippen LogP contribution in [-0.2, 0) is 34.0 Å². The van der Waals surface area contributed by atoms with E-state index in [2.05, 4.69) is 24.4 Å². The smallest absolute Gasteiger partial charge is 0.335 e. The summed E-state index contributed by atoms with van der Waals surface area (Å²) in [5, 5.41) is 25.3. The third-order valence-corrected chi connectivity index (χ3v) is 13.8. The van der Waals surface area contributed by atoms with Crippen LogP contribution in [0.3, 0.4) is 0 Å². The number of benzene rings is 5. The predicted octanol–water partition coefficient (Wildman–Crippen LogP) is 12.0. The first-order chi connectivity index (χ1) is 38.9. The molecule has 4 heterocycles. The number of nitrogens with zero attached hydrogens (tertiary/aromatic N) is 2. The second-order valence-electron chi connectivity index (χ2n) is 15.8. The Morgan fingerprint density at radius 1 is 0.642 bits per heavy atom. The van der Waals surface area contributed by atoms with Gasteiger partial charge in [0.1, 0.15) is 49.1 Å². The Bertz CT molecular complexity index is 3340. The lowest BCUT2D eigenvalue weighted by Gasteiger charge is -2.16. The fourth-order valence-corrected chi connectivity index (χ4v) is 9.19. The van der Waals surface area contributed by atoms with Gasteiger partial charge in [0.05, 0.1) is 56.2 Å². The van der Waals surface area contributed by atoms with Crippen LogP contribution in [0.25, 0.3) is 28.7 Å². The molecule has 7 aromatic rings. The van der Waals surface area contributed by atoms with Gasteiger partial charge in [0.15, 0.2) is 12.0 Å². The van der Waals surface area contributed by atoms with E-state index in [1.54, 1.807) is 80.8 Å². The summed E-state index contributed by atoms with van der Waals surface area (Å²) in [6, 6.07) is 42.3. The molecule has 0 unspecified atom stereocenters. The van der Waals surface area contributed by atoms with Gasteiger partial charge in [0.2, 0.25) is 5.91 Å². The molecule has 2 fully saturated rings. The molecular weight excluding hydrogens is 1180 g/mol. The van der Waals surface area contributed by atoms with Gasteiger partial charge < -0.3 is 44.1 Å². The van der Waals surface area contributed by atoms with Crippen molar-refractivity contribution in [2.75, 3.05) is 33.0 Å². The lowest BCUT2D eigenvalue weighted by atomic mass is 10.1. The lowest BCUT2D eigenvalue weighted by Crippen LogP contribution is -2.27. The summed E-state index contributed by atoms with van der Waals surface area (Å²) in [7, 11) is 4.86. The summed E-state index contributed by atoms with van der Waals surface area (Å²) >= 11 is 25.8. The van der Waals surface area contributed by atoms with Crippen molar-refractivity contribution < 1.29 is 67.1 Å². The van der Waals surface area contributed by atoms with Gasteiger partial charge >= 0.3 is 17.9 Å². The van der Waals surface area contributed by atoms with E-state index in [1.807, 2.05) is 77.1 Å². The van der Waals surface area contributed by atoms with Crippen LogP contribution in [0.2, 0.25) is 0 Å². The molecule has 0 saturated carbocycles. The predicted molar refractivity (Wildman–Crippen MR) is 327 cm³/mol. The molecule has 24 heteroatoms. The second kappa shape index (κ2) is 34.3. The van der Waals surface area contributed by atoms with Gasteiger partial charge in [0.25, 0.3) is 5.91 Å². The minimum atomic E-state index is -0.984. The highest BCUT2D eigenvalue weighted by molar-refractivity contribution is 8.26. The molecule has 2 aliphatic rings. The van der Waals surface area contributed by atoms with Crippen LogP contribution in [0.15, 0.2) is 159 Å². The number of hydrogen-bond acceptors (Lipinski definition) is 18. The minimum absolute atomic E-state index is 0.0703. The molecule has 0 spiro atoms. The summed E-state index contributed by atoms with van der Waals surface area (Å²) in [6.07, 6.45) is 2.28. The van der Waals surface area contributed by atoms with Gasteiger partial charge in [-0.25, -0.2) is 9.59 Å². The number of carbonyl (C=O) groups is 6. The third-order valence-electron chi connectivity index (χ3n) is 10.8. The minimum Gasteiger partial charge on any atom is -0.496 e. The Morgan fingerprint density at radius 3 is 1.42 bits per heavy atom. The van der Waals surface area contributed by atoms with Gasteiger partial charge in [-0.15, -0.1) is 11.6 Å². The zero-order valence-corrected chi connectivity index (χ0v) is 48.8. The summed E-state index contributed by atoms with van der Waals surface area (Å²) in [5.41, 5.74) is 10.2. The van der Waals surface area contributed by atoms with E-state index < -0.39 is 17.9 Å². The second-order valence-corrected chi connectivity index (χ2v) is 20.1. The van der Waals surface area contributed by atoms with Gasteiger partial charge in [-0.2, -0.15) is 0 Å². The number of alkyl halides is 1. The maximum absolute atomic E-state index is 12.9. The van der Waals surface area contributed by atoms with Crippen molar-refractivity contribution in [2.24, 2.45) is 5.73 Å². The summed E-state index contributed by atoms with van der Waals surface area (Å²) in [6.45, 7) is 1.35. The quantitative estimate of drug-likeness (QED) is 0.0322. The fourth-order valence-electron chi connectivity index (χ4n) is 6.89. The van der Waals surface area contributed by atoms with Crippen LogP contribution in [0, 0.1) is 0 Å². The number of rotatable bonds is 15. The topological polar surface area (TPSA) is 250 Å². The van der Waals surface area contributed by atoms with E-state index in [4.69, 9.17) is 80.1 Å². The molecule has 0 radical (unpaired) electrons. The Kier molecular flexibility index (Phi) is 27.9. The van der Waals surface area contributed by atoms with Crippen molar-refractivity contribution in [1.82, 2.24) is 9.80 Å². The van der Waals surface area contributed by atoms with Crippen molar-refractivity contribution in [3.8, 4) is 39.9 Å². The first-order valence-corrected chi connectivity index (χ1v) is 27.3. The molecule has 2 saturated heterocycles. The zero-order valence-electron chi connectivity index (χ0n) is 43.2. The number of para-hydroxylation sites is 3. The number of thioether (sulfide) groups is 2. The summed E-state index contributed by atoms with van der Waals surface area (Å²) in [5.74, 6) is 1.32. The Morgan fingerprint density at radius 2 is 1.05 bits per heavy atom. The van der Waals surface area contributed by atoms with E-state index in [9.17, 15) is 28.8 Å². The van der Waals surface area contributed by atoms with E-state index in [-0.39, 0.29) is 34.6 Å². The number of amides is 2. The monoisotopic (exact) mass is 1230 g/mol. The van der Waals surface area contributed by atoms with Crippen LogP contribution in [0.5, 0.6) is 17.2 Å². The van der Waals surface area contributed by atoms with E-state index in [0.717, 1.165) is 39.3 Å². The number of hydrogen-bond donors (Lipinski definition) is 4. The van der Waals surface area contributed by atoms with Gasteiger partial charge in [-0.05, 0) is 91.2 Å². The van der Waals surface area contributed by atoms with Crippen LogP contribution in [0.4, 0.5) is 0 Å². The Balaban J connectivity index is 0.000000239. The first-order valence-electron chi connectivity index (χ1n) is 23.3. The van der Waals surface area contributed by atoms with Gasteiger partial charge in [0, 0.05) is 44.8 Å². The number of methoxy groups -OCH3 is 3. The number of aromatic carboxylic acids is 2. The normalized spacial score (nSPS) is 12.5. The molecule has 0 atom stereocenters. The van der Waals surface area contributed by atoms with Crippen LogP contribution < -0.4 is 19.9 Å². The molecule has 2 aromatic heterocycles. The number of furan rings is 2. The van der Waals surface area contributed by atoms with Crippen molar-refractivity contribution in [2.45, 2.75) is 19.6 Å². The van der Waals surface area contributed by atoms with Crippen molar-refractivity contribution in [3.05, 3.63) is 190 Å². The van der Waals surface area contributed by atoms with Crippen LogP contribution in [0.1, 0.15) is 53.7 Å². The van der Waals surface area contributed by atoms with Gasteiger partial charge in [-0.3, -0.25) is 29.0 Å². The summed E-state index contributed by atoms with van der Waals surface area (Å²) < 4.78 is 29.7. The highest BCUT2D eigenvalue weighted by atomic mass is 35.5. The van der Waals surface area contributed by atoms with E-state index >= 15 is 0 Å². The van der Waals surface area contributed by atoms with E-state index in [0.29, 0.717) is 68.2 Å². The first kappa shape index (κ1) is 65.7. The summed E-state index contributed by atoms with van der Waals surface area (Å²) in [4.78, 5) is 69.4. The zero-order chi connectivity index (χ0) is 59.4. The molecule has 5 N–H and O–H groups in total. The van der Waals surface area contributed by atoms with Crippen molar-refractivity contribution in [3.63, 3.8) is 0 Å². The highest BCUT2D eigenvalue weighted by Crippen LogP contribution is 2.36. The molecule has 0 bridgehead atoms. The third kappa shape index (κ3) is 20.3. The fraction of sp³-hybridized carbons (Fsp3) is 0.140. The molecular formula is C57H50ClN3O14S6. The molecule has 9 rings (SSSR count). The number of aldehydes is 1. The van der Waals surface area contributed by atoms with Crippen molar-refractivity contribution in [1.29, 1.82) is 0 Å². The molecule has 5 aromatic carbocycles. The van der Waals surface area contributed by atoms with Crippen LogP contribution in [-0.4, -0.2) is 107 Å². The maximum Gasteiger partial charge on any atom is 0.335 e. The SMILES string of the molecule is COc1ccccc1CN.COc1ccccc1CN1C(=O)/C(=C/c2ccc(-c3ccc(C(=O)O)cc3)o2)SC1=S.COc1ccccc1CN1C(=O)CSC1=S.O=C(O)CCl.O=Cc1ccc(-c2ccc(C(=O)O)cc2)o1.S=C=S. The molecule has 0 aliphatic carbocycles. The largest absolute Gasteiger partial charge is 0.496 e. The number of halogens is 1. The number of aliphatic carboxylic acids is 1. The number of carbonyl (C=O) groups excluding carboxylic acids is 3. The van der Waals surface area contributed by atoms with Crippen molar-refractivity contribution >= 4 is 139 Å². The van der Waals surface area contributed by atoms with Gasteiger partial charge in [-0.1, -0.05) is 127 Å². The molecule has 2 amide bonds. The number of carboxylic acid groups (broad SMARTS) is 3. The number of thiocarbonyl (C=S) groups is 4. The Labute approximate surface area is 500 Å². The molecule has 2 aliphatic heterocycles. The number of ether oxygens (including phenoxy) is 3. The number of carboxylic acids is 3. The Hall–Kier alpha value is -7.83. The van der Waals surface area contributed by atoms with Crippen LogP contribution >= 0.6 is 84.0 Å². The van der Waals surface area contributed by atoms with E-state index in [1.165, 1.54) is 52.7 Å². The standard InChI is InChI=1S/C23H17NO5S2.C12H8O4.C11H11NO2S2.C8H11NO.C2H3ClO2.CS2/c1-28-18-5-3-2-4-16(18)13-24-21(25)20(31-23(24)30)12-17-10-11-19(29-17)14-6-8-15(9-7-14)22(26)27;13-7-10-5-6-11(16-10)8-1-3-9(4-2-8)12(14)15;1-14-9-5-3-2-4-8(9)6-12-10(13)7-16-11(12)15;1-10-8-5-3-2-4-7(8)6-9;3-1-2(4)5;2-1-3/h2-12H,13H2,1H3,(H,26,27);1-7H,(H,14,15);2-5H,6-7H2,1H3;2-5H,6,9H2,1H3;1H2,(H,4,5);/b20-12-;;;;;. The molecule has 81 heavy (non-hydrogen) atoms.